The fourth-order valence-electron chi connectivity index (χ4n) is 2.99. The van der Waals surface area contributed by atoms with Crippen LogP contribution in [0, 0.1) is 0 Å². The van der Waals surface area contributed by atoms with Crippen molar-refractivity contribution >= 4 is 46.4 Å². The predicted octanol–water partition coefficient (Wildman–Crippen LogP) is 5.84. The fourth-order valence-corrected chi connectivity index (χ4v) is 3.95. The van der Waals surface area contributed by atoms with Crippen molar-refractivity contribution in [1.29, 1.82) is 0 Å². The Hall–Kier alpha value is -2.77. The number of nitrogens with zero attached hydrogens (tertiary/aromatic N) is 1. The number of benzene rings is 2. The van der Waals surface area contributed by atoms with Crippen LogP contribution in [0.2, 0.25) is 5.02 Å². The molecule has 2 aromatic rings. The molecule has 8 heteroatoms. The number of carbonyl (C=O) groups is 3. The highest BCUT2D eigenvalue weighted by atomic mass is 35.5. The van der Waals surface area contributed by atoms with E-state index in [1.54, 1.807) is 48.5 Å². The summed E-state index contributed by atoms with van der Waals surface area (Å²) >= 11 is 6.65. The number of hydrogen-bond acceptors (Lipinski definition) is 6. The van der Waals surface area contributed by atoms with Crippen molar-refractivity contribution in [2.45, 2.75) is 26.7 Å². The summed E-state index contributed by atoms with van der Waals surface area (Å²) < 4.78 is 11.5. The Morgan fingerprint density at radius 2 is 1.81 bits per heavy atom. The number of unbranched alkanes of at least 4 members (excludes halogenated alkanes) is 1. The Labute approximate surface area is 196 Å². The first-order valence-electron chi connectivity index (χ1n) is 10.4. The second-order valence-corrected chi connectivity index (χ2v) is 8.47. The third-order valence-corrected chi connectivity index (χ3v) is 5.82. The lowest BCUT2D eigenvalue weighted by atomic mass is 10.1. The van der Waals surface area contributed by atoms with Gasteiger partial charge in [-0.05, 0) is 73.1 Å². The van der Waals surface area contributed by atoms with Crippen LogP contribution in [-0.2, 0) is 4.79 Å². The third kappa shape index (κ3) is 5.93. The molecular weight excluding hydrogens is 450 g/mol. The molecule has 1 heterocycles. The average Bonchev–Trinajstić information content (AvgIpc) is 3.03. The van der Waals surface area contributed by atoms with E-state index in [-0.39, 0.29) is 17.2 Å². The maximum Gasteiger partial charge on any atom is 0.293 e. The number of halogens is 1. The minimum absolute atomic E-state index is 0.251. The second-order valence-electron chi connectivity index (χ2n) is 7.04. The van der Waals surface area contributed by atoms with E-state index in [2.05, 4.69) is 6.92 Å². The van der Waals surface area contributed by atoms with Crippen molar-refractivity contribution in [3.05, 3.63) is 63.5 Å². The van der Waals surface area contributed by atoms with Gasteiger partial charge in [-0.15, -0.1) is 0 Å². The van der Waals surface area contributed by atoms with E-state index in [0.717, 1.165) is 29.5 Å². The lowest BCUT2D eigenvalue weighted by Crippen LogP contribution is -2.33. The second kappa shape index (κ2) is 11.2. The van der Waals surface area contributed by atoms with E-state index in [9.17, 15) is 14.4 Å². The molecule has 0 saturated carbocycles. The van der Waals surface area contributed by atoms with Gasteiger partial charge in [0.05, 0.1) is 24.7 Å². The number of Topliss-reactive ketones (excluding diaryl/α,β-unsaturated/α-hetero) is 1. The van der Waals surface area contributed by atoms with E-state index in [4.69, 9.17) is 21.1 Å². The molecule has 1 aliphatic rings. The molecule has 0 N–H and O–H groups in total. The summed E-state index contributed by atoms with van der Waals surface area (Å²) in [5.41, 5.74) is 1.09. The summed E-state index contributed by atoms with van der Waals surface area (Å²) in [6.07, 6.45) is 3.59. The monoisotopic (exact) mass is 473 g/mol. The van der Waals surface area contributed by atoms with Crippen molar-refractivity contribution in [3.8, 4) is 11.5 Å². The first-order valence-corrected chi connectivity index (χ1v) is 11.6. The SMILES string of the molecule is CCCCOc1ccc(/C=C2\SC(=O)N(CC(=O)c3ccc(Cl)cc3)C2=O)cc1OCC. The van der Waals surface area contributed by atoms with E-state index in [1.807, 2.05) is 6.92 Å². The van der Waals surface area contributed by atoms with Gasteiger partial charge in [0.15, 0.2) is 17.3 Å². The maximum absolute atomic E-state index is 12.8. The van der Waals surface area contributed by atoms with Gasteiger partial charge in [0.2, 0.25) is 0 Å². The third-order valence-electron chi connectivity index (χ3n) is 4.66. The minimum atomic E-state index is -0.497. The van der Waals surface area contributed by atoms with Crippen LogP contribution in [0.4, 0.5) is 4.79 Å². The number of ketones is 1. The molecule has 3 rings (SSSR count). The molecule has 1 saturated heterocycles. The molecule has 168 valence electrons. The smallest absolute Gasteiger partial charge is 0.293 e. The van der Waals surface area contributed by atoms with Gasteiger partial charge in [-0.25, -0.2) is 0 Å². The van der Waals surface area contributed by atoms with Crippen molar-refractivity contribution < 1.29 is 23.9 Å². The molecule has 0 aromatic heterocycles. The molecule has 1 aliphatic heterocycles. The summed E-state index contributed by atoms with van der Waals surface area (Å²) in [6.45, 7) is 4.71. The number of thioether (sulfide) groups is 1. The zero-order chi connectivity index (χ0) is 23.1. The van der Waals surface area contributed by atoms with Gasteiger partial charge < -0.3 is 9.47 Å². The van der Waals surface area contributed by atoms with Gasteiger partial charge in [0.25, 0.3) is 11.1 Å². The topological polar surface area (TPSA) is 72.9 Å². The van der Waals surface area contributed by atoms with Crippen LogP contribution in [-0.4, -0.2) is 41.6 Å². The summed E-state index contributed by atoms with van der Waals surface area (Å²) in [7, 11) is 0. The lowest BCUT2D eigenvalue weighted by molar-refractivity contribution is -0.122. The standard InChI is InChI=1S/C24H24ClNO5S/c1-3-5-12-31-20-11-6-16(13-21(20)30-4-2)14-22-23(28)26(24(29)32-22)15-19(27)17-7-9-18(25)10-8-17/h6-11,13-14H,3-5,12,15H2,1-2H3/b22-14-. The number of hydrogen-bond donors (Lipinski definition) is 0. The van der Waals surface area contributed by atoms with Gasteiger partial charge in [0, 0.05) is 10.6 Å². The Morgan fingerprint density at radius 1 is 1.06 bits per heavy atom. The molecule has 0 aliphatic carbocycles. The molecular formula is C24H24ClNO5S. The maximum atomic E-state index is 12.8. The number of ether oxygens (including phenoxy) is 2. The van der Waals surface area contributed by atoms with E-state index >= 15 is 0 Å². The van der Waals surface area contributed by atoms with Gasteiger partial charge >= 0.3 is 0 Å². The molecule has 0 radical (unpaired) electrons. The highest BCUT2D eigenvalue weighted by molar-refractivity contribution is 8.18. The number of amides is 2. The van der Waals surface area contributed by atoms with Crippen LogP contribution in [0.3, 0.4) is 0 Å². The van der Waals surface area contributed by atoms with Gasteiger partial charge in [-0.3, -0.25) is 19.3 Å². The highest BCUT2D eigenvalue weighted by Gasteiger charge is 2.36. The normalized spacial score (nSPS) is 14.8. The van der Waals surface area contributed by atoms with E-state index in [0.29, 0.717) is 40.9 Å². The quantitative estimate of drug-likeness (QED) is 0.245. The predicted molar refractivity (Wildman–Crippen MR) is 126 cm³/mol. The molecule has 0 bridgehead atoms. The van der Waals surface area contributed by atoms with Gasteiger partial charge in [-0.1, -0.05) is 31.0 Å². The Bertz CT molecular complexity index is 1040. The molecule has 2 amide bonds. The molecule has 0 spiro atoms. The zero-order valence-electron chi connectivity index (χ0n) is 17.9. The number of imide groups is 1. The molecule has 2 aromatic carbocycles. The van der Waals surface area contributed by atoms with Crippen LogP contribution in [0.5, 0.6) is 11.5 Å². The summed E-state index contributed by atoms with van der Waals surface area (Å²) in [5.74, 6) is 0.384. The molecule has 6 nitrogen and oxygen atoms in total. The Balaban J connectivity index is 1.75. The van der Waals surface area contributed by atoms with Crippen LogP contribution in [0.15, 0.2) is 47.4 Å². The van der Waals surface area contributed by atoms with Gasteiger partial charge in [-0.2, -0.15) is 0 Å². The van der Waals surface area contributed by atoms with Crippen LogP contribution >= 0.6 is 23.4 Å². The first-order chi connectivity index (χ1) is 15.4. The molecule has 0 atom stereocenters. The molecule has 32 heavy (non-hydrogen) atoms. The Kier molecular flexibility index (Phi) is 8.36. The lowest BCUT2D eigenvalue weighted by Gasteiger charge is -2.12. The van der Waals surface area contributed by atoms with Crippen molar-refractivity contribution in [1.82, 2.24) is 4.90 Å². The van der Waals surface area contributed by atoms with E-state index in [1.165, 1.54) is 0 Å². The van der Waals surface area contributed by atoms with Gasteiger partial charge in [0.1, 0.15) is 0 Å². The van der Waals surface area contributed by atoms with E-state index < -0.39 is 11.1 Å². The van der Waals surface area contributed by atoms with Crippen LogP contribution < -0.4 is 9.47 Å². The molecule has 0 unspecified atom stereocenters. The fraction of sp³-hybridized carbons (Fsp3) is 0.292. The summed E-state index contributed by atoms with van der Waals surface area (Å²) in [6, 6.07) is 11.7. The number of rotatable bonds is 10. The summed E-state index contributed by atoms with van der Waals surface area (Å²) in [4.78, 5) is 38.9. The zero-order valence-corrected chi connectivity index (χ0v) is 19.5. The van der Waals surface area contributed by atoms with Crippen molar-refractivity contribution in [2.75, 3.05) is 19.8 Å². The minimum Gasteiger partial charge on any atom is -0.490 e. The van der Waals surface area contributed by atoms with Crippen LogP contribution in [0.1, 0.15) is 42.6 Å². The Morgan fingerprint density at radius 3 is 2.50 bits per heavy atom. The van der Waals surface area contributed by atoms with Crippen molar-refractivity contribution in [3.63, 3.8) is 0 Å². The van der Waals surface area contributed by atoms with Crippen LogP contribution in [0.25, 0.3) is 6.08 Å². The largest absolute Gasteiger partial charge is 0.490 e. The number of carbonyl (C=O) groups excluding carboxylic acids is 3. The highest BCUT2D eigenvalue weighted by Crippen LogP contribution is 2.35. The average molecular weight is 474 g/mol. The molecule has 1 fully saturated rings. The summed E-state index contributed by atoms with van der Waals surface area (Å²) in [5, 5.41) is 0.0250. The van der Waals surface area contributed by atoms with Crippen molar-refractivity contribution in [2.24, 2.45) is 0 Å². The first kappa shape index (κ1) is 23.9.